The number of benzene rings is 2. The van der Waals surface area contributed by atoms with Gasteiger partial charge in [-0.3, -0.25) is 10.2 Å². The van der Waals surface area contributed by atoms with E-state index in [0.29, 0.717) is 38.1 Å². The molecular formula is C24H24Cl2N4O5S. The molecule has 2 aromatic carbocycles. The van der Waals surface area contributed by atoms with Crippen molar-refractivity contribution in [2.45, 2.75) is 13.8 Å². The summed E-state index contributed by atoms with van der Waals surface area (Å²) in [5, 5.41) is 6.93. The van der Waals surface area contributed by atoms with Crippen molar-refractivity contribution in [3.63, 3.8) is 0 Å². The number of carbonyl (C=O) groups is 2. The molecule has 0 unspecified atom stereocenters. The molecule has 0 spiro atoms. The van der Waals surface area contributed by atoms with Crippen molar-refractivity contribution in [1.82, 2.24) is 20.2 Å². The highest BCUT2D eigenvalue weighted by Crippen LogP contribution is 2.33. The number of amides is 1. The van der Waals surface area contributed by atoms with E-state index in [1.54, 1.807) is 66.0 Å². The predicted molar refractivity (Wildman–Crippen MR) is 137 cm³/mol. The number of hydrogen-bond donors (Lipinski definition) is 1. The maximum Gasteiger partial charge on any atom is 0.338 e. The first-order valence-corrected chi connectivity index (χ1v) is 13.8. The molecule has 0 atom stereocenters. The fourth-order valence-electron chi connectivity index (χ4n) is 3.88. The third-order valence-corrected chi connectivity index (χ3v) is 7.90. The van der Waals surface area contributed by atoms with Crippen LogP contribution in [0.25, 0.3) is 16.9 Å². The summed E-state index contributed by atoms with van der Waals surface area (Å²) in [6.45, 7) is 4.15. The minimum Gasteiger partial charge on any atom is -0.462 e. The van der Waals surface area contributed by atoms with Crippen LogP contribution in [0.15, 0.2) is 42.5 Å². The second kappa shape index (κ2) is 10.6. The number of nitrogens with zero attached hydrogens (tertiary/aromatic N) is 3. The van der Waals surface area contributed by atoms with E-state index in [9.17, 15) is 18.0 Å². The molecule has 1 amide bonds. The molecule has 9 nitrogen and oxygen atoms in total. The van der Waals surface area contributed by atoms with Crippen LogP contribution in [0, 0.1) is 6.92 Å². The molecule has 4 rings (SSSR count). The summed E-state index contributed by atoms with van der Waals surface area (Å²) in [5.74, 6) is -0.961. The lowest BCUT2D eigenvalue weighted by molar-refractivity contribution is 0.0526. The van der Waals surface area contributed by atoms with E-state index in [-0.39, 0.29) is 36.9 Å². The molecule has 36 heavy (non-hydrogen) atoms. The zero-order valence-corrected chi connectivity index (χ0v) is 22.0. The van der Waals surface area contributed by atoms with E-state index in [1.165, 1.54) is 0 Å². The number of sulfone groups is 1. The van der Waals surface area contributed by atoms with Crippen LogP contribution in [-0.2, 0) is 14.6 Å². The average Bonchev–Trinajstić information content (AvgIpc) is 3.17. The Morgan fingerprint density at radius 2 is 1.75 bits per heavy atom. The molecule has 0 bridgehead atoms. The molecule has 1 N–H and O–H groups in total. The predicted octanol–water partition coefficient (Wildman–Crippen LogP) is 3.71. The van der Waals surface area contributed by atoms with Gasteiger partial charge in [0.05, 0.1) is 40.1 Å². The maximum absolute atomic E-state index is 13.2. The van der Waals surface area contributed by atoms with Crippen LogP contribution in [0.3, 0.4) is 0 Å². The van der Waals surface area contributed by atoms with Gasteiger partial charge in [-0.2, -0.15) is 5.10 Å². The van der Waals surface area contributed by atoms with Crippen molar-refractivity contribution in [2.24, 2.45) is 0 Å². The van der Waals surface area contributed by atoms with Gasteiger partial charge in [-0.1, -0.05) is 35.3 Å². The molecule has 1 aliphatic heterocycles. The van der Waals surface area contributed by atoms with Crippen molar-refractivity contribution in [3.05, 3.63) is 69.3 Å². The second-order valence-electron chi connectivity index (χ2n) is 8.21. The highest BCUT2D eigenvalue weighted by atomic mass is 35.5. The van der Waals surface area contributed by atoms with Gasteiger partial charge in [0.15, 0.2) is 15.5 Å². The largest absolute Gasteiger partial charge is 0.462 e. The van der Waals surface area contributed by atoms with E-state index in [1.807, 2.05) is 0 Å². The van der Waals surface area contributed by atoms with Gasteiger partial charge >= 0.3 is 5.97 Å². The molecule has 1 saturated heterocycles. The summed E-state index contributed by atoms with van der Waals surface area (Å²) in [7, 11) is -3.09. The van der Waals surface area contributed by atoms with Crippen molar-refractivity contribution in [3.8, 4) is 16.9 Å². The molecule has 2 heterocycles. The number of ether oxygens (including phenoxy) is 1. The average molecular weight is 551 g/mol. The van der Waals surface area contributed by atoms with E-state index < -0.39 is 21.7 Å². The van der Waals surface area contributed by atoms with Gasteiger partial charge in [-0.25, -0.2) is 22.9 Å². The molecule has 12 heteroatoms. The third-order valence-electron chi connectivity index (χ3n) is 5.75. The molecule has 1 fully saturated rings. The third kappa shape index (κ3) is 5.57. The normalized spacial score (nSPS) is 15.4. The molecule has 190 valence electrons. The van der Waals surface area contributed by atoms with Crippen LogP contribution in [-0.4, -0.2) is 66.3 Å². The first kappa shape index (κ1) is 26.2. The summed E-state index contributed by atoms with van der Waals surface area (Å²) < 4.78 is 30.1. The summed E-state index contributed by atoms with van der Waals surface area (Å²) >= 11 is 12.6. The van der Waals surface area contributed by atoms with Gasteiger partial charge in [0.25, 0.3) is 5.91 Å². The number of hydrazine groups is 1. The van der Waals surface area contributed by atoms with Crippen molar-refractivity contribution >= 4 is 44.9 Å². The Morgan fingerprint density at radius 3 is 2.36 bits per heavy atom. The van der Waals surface area contributed by atoms with Gasteiger partial charge in [0, 0.05) is 29.2 Å². The maximum atomic E-state index is 13.2. The van der Waals surface area contributed by atoms with Crippen LogP contribution < -0.4 is 5.43 Å². The smallest absolute Gasteiger partial charge is 0.338 e. The highest BCUT2D eigenvalue weighted by Gasteiger charge is 2.27. The summed E-state index contributed by atoms with van der Waals surface area (Å²) in [6, 6.07) is 11.7. The molecule has 0 radical (unpaired) electrons. The van der Waals surface area contributed by atoms with Crippen molar-refractivity contribution in [2.75, 3.05) is 31.2 Å². The SMILES string of the molecule is CCOC(=O)c1ccc(-c2c(C)c(C(=O)NN3CCS(=O)(=O)CC3)nn2-c2ccc(Cl)cc2Cl)cc1. The van der Waals surface area contributed by atoms with Crippen LogP contribution >= 0.6 is 23.2 Å². The topological polar surface area (TPSA) is 111 Å². The van der Waals surface area contributed by atoms with Gasteiger partial charge in [-0.15, -0.1) is 0 Å². The lowest BCUT2D eigenvalue weighted by Crippen LogP contribution is -2.50. The molecule has 1 aromatic heterocycles. The van der Waals surface area contributed by atoms with Crippen molar-refractivity contribution < 1.29 is 22.7 Å². The Hall–Kier alpha value is -2.92. The van der Waals surface area contributed by atoms with E-state index in [2.05, 4.69) is 10.5 Å². The van der Waals surface area contributed by atoms with Gasteiger partial charge in [0.2, 0.25) is 0 Å². The van der Waals surface area contributed by atoms with Crippen LogP contribution in [0.4, 0.5) is 0 Å². The number of halogens is 2. The Balaban J connectivity index is 1.74. The number of nitrogens with one attached hydrogen (secondary N) is 1. The first-order chi connectivity index (χ1) is 17.1. The fourth-order valence-corrected chi connectivity index (χ4v) is 5.57. The van der Waals surface area contributed by atoms with E-state index in [0.717, 1.165) is 0 Å². The Labute approximate surface area is 218 Å². The van der Waals surface area contributed by atoms with Crippen molar-refractivity contribution in [1.29, 1.82) is 0 Å². The van der Waals surface area contributed by atoms with E-state index in [4.69, 9.17) is 27.9 Å². The lowest BCUT2D eigenvalue weighted by Gasteiger charge is -2.26. The van der Waals surface area contributed by atoms with Crippen LogP contribution in [0.5, 0.6) is 0 Å². The minimum absolute atomic E-state index is 0.0286. The summed E-state index contributed by atoms with van der Waals surface area (Å²) in [4.78, 5) is 25.3. The number of carbonyl (C=O) groups excluding carboxylic acids is 2. The van der Waals surface area contributed by atoms with Gasteiger partial charge < -0.3 is 4.74 Å². The standard InChI is InChI=1S/C24H24Cl2N4O5S/c1-3-35-24(32)17-6-4-16(5-7-17)22-15(2)21(23(31)28-29-10-12-36(33,34)13-11-29)27-30(22)20-9-8-18(25)14-19(20)26/h4-9,14H,3,10-13H2,1-2H3,(H,28,31). The fraction of sp³-hybridized carbons (Fsp3) is 0.292. The molecular weight excluding hydrogens is 527 g/mol. The number of esters is 1. The van der Waals surface area contributed by atoms with Crippen LogP contribution in [0.1, 0.15) is 33.3 Å². The zero-order valence-electron chi connectivity index (χ0n) is 19.6. The van der Waals surface area contributed by atoms with Gasteiger partial charge in [0.1, 0.15) is 0 Å². The molecule has 3 aromatic rings. The molecule has 0 aliphatic carbocycles. The number of aromatic nitrogens is 2. The Kier molecular flexibility index (Phi) is 7.70. The molecule has 1 aliphatic rings. The Bertz CT molecular complexity index is 1410. The monoisotopic (exact) mass is 550 g/mol. The quantitative estimate of drug-likeness (QED) is 0.465. The first-order valence-electron chi connectivity index (χ1n) is 11.2. The number of hydrogen-bond acceptors (Lipinski definition) is 7. The van der Waals surface area contributed by atoms with Gasteiger partial charge in [-0.05, 0) is 44.2 Å². The summed E-state index contributed by atoms with van der Waals surface area (Å²) in [5.41, 5.74) is 5.69. The summed E-state index contributed by atoms with van der Waals surface area (Å²) in [6.07, 6.45) is 0. The van der Waals surface area contributed by atoms with E-state index >= 15 is 0 Å². The number of rotatable bonds is 6. The minimum atomic E-state index is -3.09. The molecule has 0 saturated carbocycles. The van der Waals surface area contributed by atoms with Crippen LogP contribution in [0.2, 0.25) is 10.0 Å². The lowest BCUT2D eigenvalue weighted by atomic mass is 10.0. The zero-order chi connectivity index (χ0) is 26.0. The Morgan fingerprint density at radius 1 is 1.08 bits per heavy atom. The second-order valence-corrected chi connectivity index (χ2v) is 11.4. The highest BCUT2D eigenvalue weighted by molar-refractivity contribution is 7.91.